The zero-order chi connectivity index (χ0) is 39.0. The lowest BCUT2D eigenvalue weighted by Crippen LogP contribution is -2.09. The number of benzene rings is 10. The van der Waals surface area contributed by atoms with Gasteiger partial charge in [-0.05, 0) is 158 Å². The number of hydrogen-bond donors (Lipinski definition) is 0. The molecule has 0 bridgehead atoms. The second-order valence-corrected chi connectivity index (χ2v) is 15.1. The molecule has 0 amide bonds. The second-order valence-electron chi connectivity index (χ2n) is 15.1. The van der Waals surface area contributed by atoms with Crippen LogP contribution in [0.15, 0.2) is 218 Å². The molecule has 0 aliphatic carbocycles. The summed E-state index contributed by atoms with van der Waals surface area (Å²) in [4.78, 5) is 4.66. The van der Waals surface area contributed by atoms with Gasteiger partial charge in [0.05, 0.1) is 0 Å². The van der Waals surface area contributed by atoms with E-state index in [0.29, 0.717) is 0 Å². The van der Waals surface area contributed by atoms with E-state index in [9.17, 15) is 0 Å². The summed E-state index contributed by atoms with van der Waals surface area (Å²) in [7, 11) is 0. The molecule has 276 valence electrons. The van der Waals surface area contributed by atoms with Crippen LogP contribution in [0.25, 0.3) is 54.6 Å². The summed E-state index contributed by atoms with van der Waals surface area (Å²) in [6, 6.07) is 79.4. The Bertz CT molecular complexity index is 3060. The Morgan fingerprint density at radius 2 is 0.621 bits per heavy atom. The maximum atomic E-state index is 2.41. The van der Waals surface area contributed by atoms with Crippen LogP contribution in [0.3, 0.4) is 0 Å². The van der Waals surface area contributed by atoms with E-state index in [4.69, 9.17) is 0 Å². The number of fused-ring (bicyclic) bond motifs is 5. The summed E-state index contributed by atoms with van der Waals surface area (Å²) >= 11 is 0. The Morgan fingerprint density at radius 1 is 0.241 bits per heavy atom. The van der Waals surface area contributed by atoms with Crippen LogP contribution in [-0.4, -0.2) is 0 Å². The van der Waals surface area contributed by atoms with Crippen LogP contribution in [0.4, 0.5) is 34.1 Å². The maximum absolute atomic E-state index is 2.41. The number of nitrogens with zero attached hydrogens (tertiary/aromatic N) is 2. The summed E-state index contributed by atoms with van der Waals surface area (Å²) in [6.45, 7) is 4.30. The van der Waals surface area contributed by atoms with Crippen molar-refractivity contribution in [3.05, 3.63) is 230 Å². The number of para-hydroxylation sites is 2. The van der Waals surface area contributed by atoms with E-state index < -0.39 is 0 Å². The van der Waals surface area contributed by atoms with Gasteiger partial charge >= 0.3 is 0 Å². The van der Waals surface area contributed by atoms with E-state index in [1.54, 1.807) is 0 Å². The lowest BCUT2D eigenvalue weighted by Gasteiger charge is -2.26. The smallest absolute Gasteiger partial charge is 0.0464 e. The molecule has 58 heavy (non-hydrogen) atoms. The molecule has 0 aromatic heterocycles. The largest absolute Gasteiger partial charge is 0.310 e. The third kappa shape index (κ3) is 6.45. The molecule has 0 unspecified atom stereocenters. The molecule has 0 aliphatic heterocycles. The van der Waals surface area contributed by atoms with Gasteiger partial charge in [-0.25, -0.2) is 0 Å². The predicted octanol–water partition coefficient (Wildman–Crippen LogP) is 16.0. The molecule has 2 nitrogen and oxygen atoms in total. The fourth-order valence-electron chi connectivity index (χ4n) is 8.60. The first-order chi connectivity index (χ1) is 28.6. The van der Waals surface area contributed by atoms with Gasteiger partial charge in [0.15, 0.2) is 0 Å². The van der Waals surface area contributed by atoms with Crippen molar-refractivity contribution >= 4 is 66.4 Å². The SMILES string of the molecule is Cc1cccc(N(c2ccccc2)c2ccc(-c3cc4c5cccc(-c6ccc(N(c7ccccc7)c7cccc(C)c7)cc6)c5ccc4c4ccccc34)cc2)c1. The van der Waals surface area contributed by atoms with Crippen molar-refractivity contribution in [3.8, 4) is 22.3 Å². The minimum atomic E-state index is 1.12. The third-order valence-corrected chi connectivity index (χ3v) is 11.3. The molecule has 0 fully saturated rings. The first-order valence-electron chi connectivity index (χ1n) is 20.0. The highest BCUT2D eigenvalue weighted by atomic mass is 15.1. The fourth-order valence-corrected chi connectivity index (χ4v) is 8.60. The molecule has 0 heterocycles. The molecular weight excluding hydrogens is 701 g/mol. The van der Waals surface area contributed by atoms with Gasteiger partial charge in [0, 0.05) is 34.1 Å². The second kappa shape index (κ2) is 14.9. The van der Waals surface area contributed by atoms with Gasteiger partial charge in [-0.15, -0.1) is 0 Å². The minimum absolute atomic E-state index is 1.12. The molecule has 0 saturated heterocycles. The molecule has 10 aromatic rings. The van der Waals surface area contributed by atoms with E-state index in [1.165, 1.54) is 65.7 Å². The highest BCUT2D eigenvalue weighted by molar-refractivity contribution is 6.22. The minimum Gasteiger partial charge on any atom is -0.310 e. The molecule has 0 spiro atoms. The van der Waals surface area contributed by atoms with Crippen molar-refractivity contribution < 1.29 is 0 Å². The summed E-state index contributed by atoms with van der Waals surface area (Å²) in [5.41, 5.74) is 14.1. The van der Waals surface area contributed by atoms with Crippen molar-refractivity contribution in [1.29, 1.82) is 0 Å². The lowest BCUT2D eigenvalue weighted by atomic mass is 9.89. The van der Waals surface area contributed by atoms with Crippen LogP contribution in [-0.2, 0) is 0 Å². The van der Waals surface area contributed by atoms with Crippen molar-refractivity contribution in [2.75, 3.05) is 9.80 Å². The Kier molecular flexibility index (Phi) is 9.01. The van der Waals surface area contributed by atoms with E-state index in [-0.39, 0.29) is 0 Å². The van der Waals surface area contributed by atoms with Crippen LogP contribution in [0.1, 0.15) is 11.1 Å². The first-order valence-corrected chi connectivity index (χ1v) is 20.0. The van der Waals surface area contributed by atoms with E-state index in [1.807, 2.05) is 0 Å². The fraction of sp³-hybridized carbons (Fsp3) is 0.0357. The van der Waals surface area contributed by atoms with Gasteiger partial charge in [-0.2, -0.15) is 0 Å². The lowest BCUT2D eigenvalue weighted by molar-refractivity contribution is 1.27. The van der Waals surface area contributed by atoms with Crippen LogP contribution in [0.5, 0.6) is 0 Å². The number of aryl methyl sites for hydroxylation is 2. The normalized spacial score (nSPS) is 11.3. The zero-order valence-electron chi connectivity index (χ0n) is 32.7. The number of rotatable bonds is 8. The Morgan fingerprint density at radius 3 is 1.17 bits per heavy atom. The zero-order valence-corrected chi connectivity index (χ0v) is 32.7. The molecular formula is C56H42N2. The van der Waals surface area contributed by atoms with E-state index in [0.717, 1.165) is 34.1 Å². The topological polar surface area (TPSA) is 6.48 Å². The van der Waals surface area contributed by atoms with Gasteiger partial charge in [-0.1, -0.05) is 140 Å². The molecule has 0 N–H and O–H groups in total. The van der Waals surface area contributed by atoms with Crippen molar-refractivity contribution in [2.24, 2.45) is 0 Å². The molecule has 0 atom stereocenters. The van der Waals surface area contributed by atoms with E-state index >= 15 is 0 Å². The highest BCUT2D eigenvalue weighted by Crippen LogP contribution is 2.43. The van der Waals surface area contributed by atoms with Crippen LogP contribution in [0, 0.1) is 13.8 Å². The average molecular weight is 743 g/mol. The van der Waals surface area contributed by atoms with E-state index in [2.05, 4.69) is 242 Å². The molecule has 0 radical (unpaired) electrons. The molecule has 0 saturated carbocycles. The molecule has 2 heteroatoms. The summed E-state index contributed by atoms with van der Waals surface area (Å²) in [6.07, 6.45) is 0. The standard InChI is InChI=1S/C56H42N2/c1-39-14-11-20-47(36-39)57(43-16-5-3-6-17-43)45-30-26-41(27-31-45)49-24-13-25-52-53(49)34-35-54-50-22-9-10-23-51(50)55(38-56(52)54)42-28-32-46(33-29-42)58(44-18-7-4-8-19-44)48-21-12-15-40(2)37-48/h3-38H,1-2H3. The van der Waals surface area contributed by atoms with Crippen LogP contribution in [0.2, 0.25) is 0 Å². The summed E-state index contributed by atoms with van der Waals surface area (Å²) < 4.78 is 0. The Balaban J connectivity index is 1.07. The maximum Gasteiger partial charge on any atom is 0.0464 e. The van der Waals surface area contributed by atoms with Gasteiger partial charge in [0.25, 0.3) is 0 Å². The quantitative estimate of drug-likeness (QED) is 0.143. The Hall–Kier alpha value is -7.42. The van der Waals surface area contributed by atoms with Gasteiger partial charge < -0.3 is 9.80 Å². The van der Waals surface area contributed by atoms with Crippen molar-refractivity contribution in [2.45, 2.75) is 13.8 Å². The van der Waals surface area contributed by atoms with Gasteiger partial charge in [0.1, 0.15) is 0 Å². The highest BCUT2D eigenvalue weighted by Gasteiger charge is 2.17. The summed E-state index contributed by atoms with van der Waals surface area (Å²) in [5.74, 6) is 0. The number of anilines is 6. The van der Waals surface area contributed by atoms with Crippen molar-refractivity contribution in [3.63, 3.8) is 0 Å². The van der Waals surface area contributed by atoms with Crippen molar-refractivity contribution in [1.82, 2.24) is 0 Å². The molecule has 10 rings (SSSR count). The Labute approximate surface area is 340 Å². The monoisotopic (exact) mass is 742 g/mol. The van der Waals surface area contributed by atoms with Crippen LogP contribution < -0.4 is 9.80 Å². The average Bonchev–Trinajstić information content (AvgIpc) is 3.27. The first kappa shape index (κ1) is 35.0. The van der Waals surface area contributed by atoms with Crippen LogP contribution >= 0.6 is 0 Å². The predicted molar refractivity (Wildman–Crippen MR) is 249 cm³/mol. The molecule has 0 aliphatic rings. The van der Waals surface area contributed by atoms with Gasteiger partial charge in [0.2, 0.25) is 0 Å². The summed E-state index contributed by atoms with van der Waals surface area (Å²) in [5, 5.41) is 7.54. The molecule has 10 aromatic carbocycles. The number of hydrogen-bond acceptors (Lipinski definition) is 2. The van der Waals surface area contributed by atoms with Gasteiger partial charge in [-0.3, -0.25) is 0 Å². The third-order valence-electron chi connectivity index (χ3n) is 11.3.